The van der Waals surface area contributed by atoms with Gasteiger partial charge in [-0.3, -0.25) is 9.59 Å². The fraction of sp³-hybridized carbons (Fsp3) is 0.643. The summed E-state index contributed by atoms with van der Waals surface area (Å²) in [5.41, 5.74) is 0.0868. The molecule has 0 bridgehead atoms. The molecule has 1 aromatic rings. The highest BCUT2D eigenvalue weighted by Gasteiger charge is 2.28. The maximum atomic E-state index is 12.1. The van der Waals surface area contributed by atoms with Crippen LogP contribution in [0.5, 0.6) is 0 Å². The van der Waals surface area contributed by atoms with Crippen molar-refractivity contribution in [2.45, 2.75) is 39.2 Å². The quantitative estimate of drug-likeness (QED) is 0.875. The number of nitrogens with zero attached hydrogens (tertiary/aromatic N) is 2. The molecule has 1 aromatic heterocycles. The van der Waals surface area contributed by atoms with Crippen molar-refractivity contribution in [1.29, 1.82) is 0 Å². The van der Waals surface area contributed by atoms with E-state index in [0.29, 0.717) is 17.5 Å². The van der Waals surface area contributed by atoms with Crippen molar-refractivity contribution >= 4 is 5.91 Å². The molecule has 1 N–H and O–H groups in total. The van der Waals surface area contributed by atoms with E-state index in [-0.39, 0.29) is 17.5 Å². The molecule has 104 valence electrons. The number of nitrogens with one attached hydrogen (secondary N) is 1. The Morgan fingerprint density at radius 3 is 2.79 bits per heavy atom. The summed E-state index contributed by atoms with van der Waals surface area (Å²) in [6.45, 7) is 4.41. The largest absolute Gasteiger partial charge is 0.348 e. The van der Waals surface area contributed by atoms with E-state index in [4.69, 9.17) is 0 Å². The lowest BCUT2D eigenvalue weighted by Crippen LogP contribution is -2.44. The Bertz CT molecular complexity index is 524. The van der Waals surface area contributed by atoms with E-state index < -0.39 is 0 Å². The molecule has 2 rings (SSSR count). The van der Waals surface area contributed by atoms with E-state index in [2.05, 4.69) is 24.3 Å². The van der Waals surface area contributed by atoms with Crippen LogP contribution in [0.4, 0.5) is 0 Å². The predicted molar refractivity (Wildman–Crippen MR) is 72.9 cm³/mol. The lowest BCUT2D eigenvalue weighted by Gasteiger charge is -2.34. The Kier molecular flexibility index (Phi) is 4.02. The van der Waals surface area contributed by atoms with Crippen molar-refractivity contribution in [2.75, 3.05) is 0 Å². The van der Waals surface area contributed by atoms with Crippen molar-refractivity contribution < 1.29 is 4.79 Å². The van der Waals surface area contributed by atoms with Gasteiger partial charge >= 0.3 is 0 Å². The van der Waals surface area contributed by atoms with Crippen LogP contribution in [-0.4, -0.2) is 21.7 Å². The van der Waals surface area contributed by atoms with Crippen LogP contribution >= 0.6 is 0 Å². The van der Waals surface area contributed by atoms with Crippen LogP contribution in [0.15, 0.2) is 16.9 Å². The van der Waals surface area contributed by atoms with Crippen molar-refractivity contribution in [3.63, 3.8) is 0 Å². The Hall–Kier alpha value is -1.65. The maximum Gasteiger partial charge on any atom is 0.271 e. The molecule has 0 spiro atoms. The monoisotopic (exact) mass is 263 g/mol. The molecular formula is C14H21N3O2. The minimum absolute atomic E-state index is 0.193. The number of carbonyl (C=O) groups is 1. The molecule has 1 amide bonds. The summed E-state index contributed by atoms with van der Waals surface area (Å²) in [6, 6.07) is 3.05. The summed E-state index contributed by atoms with van der Waals surface area (Å²) in [5, 5.41) is 7.02. The lowest BCUT2D eigenvalue weighted by atomic mass is 9.78. The standard InChI is InChI=1S/C14H21N3O2/c1-9-5-4-6-11(10(9)2)15-14(19)12-7-8-13(18)17(3)16-12/h7-11H,4-6H2,1-3H3,(H,15,19)/t9-,10-,11+/m1/s1. The number of amides is 1. The molecule has 0 aromatic carbocycles. The molecule has 19 heavy (non-hydrogen) atoms. The van der Waals surface area contributed by atoms with Crippen molar-refractivity contribution in [3.05, 3.63) is 28.2 Å². The number of aromatic nitrogens is 2. The molecule has 1 aliphatic carbocycles. The number of rotatable bonds is 2. The zero-order valence-corrected chi connectivity index (χ0v) is 11.7. The normalized spacial score (nSPS) is 27.0. The Balaban J connectivity index is 2.08. The van der Waals surface area contributed by atoms with Crippen molar-refractivity contribution in [2.24, 2.45) is 18.9 Å². The molecule has 0 unspecified atom stereocenters. The molecule has 0 aliphatic heterocycles. The molecule has 3 atom stereocenters. The molecule has 0 saturated heterocycles. The average Bonchev–Trinajstić information content (AvgIpc) is 2.38. The zero-order valence-electron chi connectivity index (χ0n) is 11.7. The summed E-state index contributed by atoms with van der Waals surface area (Å²) < 4.78 is 1.18. The second kappa shape index (κ2) is 5.55. The molecule has 1 fully saturated rings. The van der Waals surface area contributed by atoms with E-state index in [0.717, 1.165) is 12.8 Å². The van der Waals surface area contributed by atoms with Crippen LogP contribution < -0.4 is 10.9 Å². The van der Waals surface area contributed by atoms with E-state index in [1.807, 2.05) is 0 Å². The summed E-state index contributed by atoms with van der Waals surface area (Å²) in [6.07, 6.45) is 3.39. The molecule has 1 heterocycles. The topological polar surface area (TPSA) is 64.0 Å². The van der Waals surface area contributed by atoms with Crippen LogP contribution in [-0.2, 0) is 7.05 Å². The van der Waals surface area contributed by atoms with Gasteiger partial charge in [-0.15, -0.1) is 0 Å². The van der Waals surface area contributed by atoms with Gasteiger partial charge in [0.15, 0.2) is 0 Å². The highest BCUT2D eigenvalue weighted by Crippen LogP contribution is 2.29. The third-order valence-corrected chi connectivity index (χ3v) is 4.22. The third kappa shape index (κ3) is 3.03. The van der Waals surface area contributed by atoms with Crippen LogP contribution in [0.1, 0.15) is 43.6 Å². The van der Waals surface area contributed by atoms with Gasteiger partial charge < -0.3 is 5.32 Å². The number of hydrogen-bond donors (Lipinski definition) is 1. The first kappa shape index (κ1) is 13.8. The first-order chi connectivity index (χ1) is 8.99. The molecule has 5 nitrogen and oxygen atoms in total. The summed E-state index contributed by atoms with van der Waals surface area (Å²) in [5.74, 6) is 0.916. The second-order valence-electron chi connectivity index (χ2n) is 5.53. The average molecular weight is 263 g/mol. The third-order valence-electron chi connectivity index (χ3n) is 4.22. The number of aryl methyl sites for hydroxylation is 1. The van der Waals surface area contributed by atoms with Crippen LogP contribution in [0.3, 0.4) is 0 Å². The van der Waals surface area contributed by atoms with Gasteiger partial charge in [0.2, 0.25) is 0 Å². The van der Waals surface area contributed by atoms with Gasteiger partial charge in [0, 0.05) is 19.2 Å². The highest BCUT2D eigenvalue weighted by atomic mass is 16.2. The fourth-order valence-electron chi connectivity index (χ4n) is 2.65. The summed E-state index contributed by atoms with van der Waals surface area (Å²) >= 11 is 0. The van der Waals surface area contributed by atoms with Gasteiger partial charge in [0.1, 0.15) is 5.69 Å². The first-order valence-electron chi connectivity index (χ1n) is 6.84. The van der Waals surface area contributed by atoms with Gasteiger partial charge in [0.25, 0.3) is 11.5 Å². The molecule has 1 saturated carbocycles. The highest BCUT2D eigenvalue weighted by molar-refractivity contribution is 5.92. The Labute approximate surface area is 113 Å². The van der Waals surface area contributed by atoms with Gasteiger partial charge in [0.05, 0.1) is 0 Å². The van der Waals surface area contributed by atoms with Crippen LogP contribution in [0.25, 0.3) is 0 Å². The summed E-state index contributed by atoms with van der Waals surface area (Å²) in [7, 11) is 1.55. The zero-order chi connectivity index (χ0) is 14.0. The number of carbonyl (C=O) groups excluding carboxylic acids is 1. The SMILES string of the molecule is C[C@@H]1[C@H](C)CCC[C@@H]1NC(=O)c1ccc(=O)n(C)n1. The van der Waals surface area contributed by atoms with Crippen molar-refractivity contribution in [3.8, 4) is 0 Å². The lowest BCUT2D eigenvalue weighted by molar-refractivity contribution is 0.0883. The van der Waals surface area contributed by atoms with Crippen molar-refractivity contribution in [1.82, 2.24) is 15.1 Å². The maximum absolute atomic E-state index is 12.1. The van der Waals surface area contributed by atoms with E-state index in [9.17, 15) is 9.59 Å². The summed E-state index contributed by atoms with van der Waals surface area (Å²) in [4.78, 5) is 23.4. The Morgan fingerprint density at radius 2 is 2.11 bits per heavy atom. The molecular weight excluding hydrogens is 242 g/mol. The Morgan fingerprint density at radius 1 is 1.37 bits per heavy atom. The minimum atomic E-state index is -0.212. The van der Waals surface area contributed by atoms with Crippen LogP contribution in [0, 0.1) is 11.8 Å². The minimum Gasteiger partial charge on any atom is -0.348 e. The second-order valence-corrected chi connectivity index (χ2v) is 5.53. The van der Waals surface area contributed by atoms with Gasteiger partial charge in [-0.2, -0.15) is 5.10 Å². The molecule has 0 radical (unpaired) electrons. The van der Waals surface area contributed by atoms with E-state index in [1.165, 1.54) is 23.2 Å². The number of hydrogen-bond acceptors (Lipinski definition) is 3. The molecule has 1 aliphatic rings. The van der Waals surface area contributed by atoms with Gasteiger partial charge in [-0.25, -0.2) is 4.68 Å². The molecule has 5 heteroatoms. The first-order valence-corrected chi connectivity index (χ1v) is 6.84. The van der Waals surface area contributed by atoms with Gasteiger partial charge in [-0.1, -0.05) is 26.7 Å². The van der Waals surface area contributed by atoms with E-state index >= 15 is 0 Å². The fourth-order valence-corrected chi connectivity index (χ4v) is 2.65. The predicted octanol–water partition coefficient (Wildman–Crippen LogP) is 1.33. The van der Waals surface area contributed by atoms with Crippen LogP contribution in [0.2, 0.25) is 0 Å². The van der Waals surface area contributed by atoms with E-state index in [1.54, 1.807) is 7.05 Å². The smallest absolute Gasteiger partial charge is 0.271 e. The van der Waals surface area contributed by atoms with Gasteiger partial charge in [-0.05, 0) is 24.3 Å².